The molecule has 0 saturated carbocycles. The van der Waals surface area contributed by atoms with Crippen LogP contribution in [0.15, 0.2) is 115 Å². The fraction of sp³-hybridized carbons (Fsp3) is 0.267. The minimum absolute atomic E-state index is 0.0418. The lowest BCUT2D eigenvalue weighted by atomic mass is 9.93. The van der Waals surface area contributed by atoms with Gasteiger partial charge < -0.3 is 34.3 Å². The average Bonchev–Trinajstić information content (AvgIpc) is 2.93. The highest BCUT2D eigenvalue weighted by molar-refractivity contribution is 5.20. The normalized spacial score (nSPS) is 24.1. The van der Waals surface area contributed by atoms with Crippen molar-refractivity contribution in [2.75, 3.05) is 0 Å². The maximum absolute atomic E-state index is 11.9. The Kier molecular flexibility index (Phi) is 8.89. The quantitative estimate of drug-likeness (QED) is 0.251. The molecule has 4 rings (SSSR count). The van der Waals surface area contributed by atoms with E-state index < -0.39 is 24.0 Å². The first-order valence-electron chi connectivity index (χ1n) is 12.1. The standard InChI is InChI=1S/C30H32O7/c1-2-12-26-19-29(32,35-21-24-15-8-4-9-16-24)30(33,36-22-25-17-10-5-11-18-25)27(37-26)28(31)34-20-23-13-6-3-7-14-23/h2-11,13-19,27-28,31-33H,1,12,20-22H2/t27-,28?,29+,30+/m1/s1. The molecule has 7 heteroatoms. The lowest BCUT2D eigenvalue weighted by Gasteiger charge is -2.48. The van der Waals surface area contributed by atoms with Crippen LogP contribution >= 0.6 is 0 Å². The van der Waals surface area contributed by atoms with E-state index in [4.69, 9.17) is 18.9 Å². The zero-order valence-electron chi connectivity index (χ0n) is 20.5. The van der Waals surface area contributed by atoms with Crippen LogP contribution in [0.4, 0.5) is 0 Å². The first-order chi connectivity index (χ1) is 17.9. The molecule has 3 aromatic rings. The van der Waals surface area contributed by atoms with Gasteiger partial charge >= 0.3 is 0 Å². The maximum atomic E-state index is 11.9. The minimum atomic E-state index is -2.54. The number of rotatable bonds is 12. The fourth-order valence-electron chi connectivity index (χ4n) is 4.01. The third-order valence-corrected chi connectivity index (χ3v) is 6.01. The largest absolute Gasteiger partial charge is 0.483 e. The minimum Gasteiger partial charge on any atom is -0.483 e. The maximum Gasteiger partial charge on any atom is 0.269 e. The van der Waals surface area contributed by atoms with Gasteiger partial charge in [-0.3, -0.25) is 0 Å². The van der Waals surface area contributed by atoms with Gasteiger partial charge in [0, 0.05) is 12.5 Å². The van der Waals surface area contributed by atoms with E-state index >= 15 is 0 Å². The molecule has 0 radical (unpaired) electrons. The number of benzene rings is 3. The third-order valence-electron chi connectivity index (χ3n) is 6.01. The molecule has 3 aromatic carbocycles. The molecule has 1 unspecified atom stereocenters. The summed E-state index contributed by atoms with van der Waals surface area (Å²) in [6.07, 6.45) is -0.189. The predicted octanol–water partition coefficient (Wildman–Crippen LogP) is 4.19. The molecule has 7 nitrogen and oxygen atoms in total. The molecule has 0 aromatic heterocycles. The van der Waals surface area contributed by atoms with Crippen LogP contribution in [0.2, 0.25) is 0 Å². The van der Waals surface area contributed by atoms with Gasteiger partial charge in [-0.05, 0) is 16.7 Å². The molecule has 0 bridgehead atoms. The fourth-order valence-corrected chi connectivity index (χ4v) is 4.01. The van der Waals surface area contributed by atoms with Crippen molar-refractivity contribution in [1.82, 2.24) is 0 Å². The summed E-state index contributed by atoms with van der Waals surface area (Å²) in [5.74, 6) is -4.69. The molecule has 0 aliphatic carbocycles. The van der Waals surface area contributed by atoms with Crippen molar-refractivity contribution >= 4 is 0 Å². The molecule has 0 amide bonds. The highest BCUT2D eigenvalue weighted by atomic mass is 16.7. The van der Waals surface area contributed by atoms with Crippen LogP contribution in [-0.4, -0.2) is 39.3 Å². The zero-order chi connectivity index (χ0) is 26.1. The SMILES string of the molecule is C=CCC1=C[C@](O)(OCc2ccccc2)[C@@](O)(OCc2ccccc2)[C@@H](C(O)OCc2ccccc2)O1. The Balaban J connectivity index is 1.65. The van der Waals surface area contributed by atoms with Crippen molar-refractivity contribution in [2.24, 2.45) is 0 Å². The molecule has 4 atom stereocenters. The molecule has 194 valence electrons. The van der Waals surface area contributed by atoms with E-state index in [1.807, 2.05) is 91.0 Å². The summed E-state index contributed by atoms with van der Waals surface area (Å²) in [5.41, 5.74) is 2.31. The molecule has 37 heavy (non-hydrogen) atoms. The zero-order valence-corrected chi connectivity index (χ0v) is 20.5. The van der Waals surface area contributed by atoms with Crippen LogP contribution in [0.3, 0.4) is 0 Å². The van der Waals surface area contributed by atoms with Crippen molar-refractivity contribution < 1.29 is 34.3 Å². The number of aliphatic hydroxyl groups is 3. The summed E-state index contributed by atoms with van der Waals surface area (Å²) in [6.45, 7) is 3.63. The van der Waals surface area contributed by atoms with Gasteiger partial charge in [0.1, 0.15) is 5.76 Å². The van der Waals surface area contributed by atoms with Crippen molar-refractivity contribution in [3.05, 3.63) is 132 Å². The molecule has 1 aliphatic rings. The van der Waals surface area contributed by atoms with Gasteiger partial charge in [-0.2, -0.15) is 0 Å². The average molecular weight is 505 g/mol. The molecule has 0 fully saturated rings. The Morgan fingerprint density at radius 3 is 1.78 bits per heavy atom. The Labute approximate surface area is 216 Å². The van der Waals surface area contributed by atoms with Gasteiger partial charge in [-0.15, -0.1) is 6.58 Å². The molecule has 3 N–H and O–H groups in total. The van der Waals surface area contributed by atoms with Gasteiger partial charge in [0.15, 0.2) is 6.29 Å². The molecular formula is C30H32O7. The van der Waals surface area contributed by atoms with Gasteiger partial charge in [-0.1, -0.05) is 97.1 Å². The second-order valence-corrected chi connectivity index (χ2v) is 8.77. The van der Waals surface area contributed by atoms with Crippen LogP contribution in [-0.2, 0) is 38.8 Å². The van der Waals surface area contributed by atoms with E-state index in [9.17, 15) is 15.3 Å². The smallest absolute Gasteiger partial charge is 0.269 e. The summed E-state index contributed by atoms with van der Waals surface area (Å²) in [6, 6.07) is 27.6. The first-order valence-corrected chi connectivity index (χ1v) is 12.1. The highest BCUT2D eigenvalue weighted by Crippen LogP contribution is 2.41. The molecule has 0 spiro atoms. The topological polar surface area (TPSA) is 97.6 Å². The number of hydrogen-bond donors (Lipinski definition) is 3. The van der Waals surface area contributed by atoms with Crippen LogP contribution in [0.5, 0.6) is 0 Å². The summed E-state index contributed by atoms with van der Waals surface area (Å²) >= 11 is 0. The number of ether oxygens (including phenoxy) is 4. The van der Waals surface area contributed by atoms with Crippen LogP contribution < -0.4 is 0 Å². The van der Waals surface area contributed by atoms with Gasteiger partial charge in [0.2, 0.25) is 11.9 Å². The second kappa shape index (κ2) is 12.3. The van der Waals surface area contributed by atoms with Crippen molar-refractivity contribution in [3.63, 3.8) is 0 Å². The lowest BCUT2D eigenvalue weighted by molar-refractivity contribution is -0.425. The first kappa shape index (κ1) is 26.8. The van der Waals surface area contributed by atoms with Gasteiger partial charge in [0.05, 0.1) is 19.8 Å². The molecule has 0 saturated heterocycles. The van der Waals surface area contributed by atoms with Crippen LogP contribution in [0.25, 0.3) is 0 Å². The molecular weight excluding hydrogens is 472 g/mol. The monoisotopic (exact) mass is 504 g/mol. The summed E-state index contributed by atoms with van der Waals surface area (Å²) in [5, 5.41) is 34.8. The van der Waals surface area contributed by atoms with E-state index in [0.717, 1.165) is 16.7 Å². The third kappa shape index (κ3) is 6.53. The Morgan fingerprint density at radius 2 is 1.27 bits per heavy atom. The van der Waals surface area contributed by atoms with Gasteiger partial charge in [0.25, 0.3) is 5.79 Å². The second-order valence-electron chi connectivity index (χ2n) is 8.77. The summed E-state index contributed by atoms with van der Waals surface area (Å²) < 4.78 is 23.4. The highest BCUT2D eigenvalue weighted by Gasteiger charge is 2.63. The predicted molar refractivity (Wildman–Crippen MR) is 137 cm³/mol. The molecule has 1 heterocycles. The lowest BCUT2D eigenvalue weighted by Crippen LogP contribution is -2.68. The van der Waals surface area contributed by atoms with Crippen molar-refractivity contribution in [3.8, 4) is 0 Å². The van der Waals surface area contributed by atoms with E-state index in [1.54, 1.807) is 6.08 Å². The molecule has 1 aliphatic heterocycles. The Hall–Kier alpha value is -3.30. The number of allylic oxidation sites excluding steroid dienone is 1. The van der Waals surface area contributed by atoms with E-state index in [0.29, 0.717) is 0 Å². The Morgan fingerprint density at radius 1 is 0.784 bits per heavy atom. The van der Waals surface area contributed by atoms with Crippen LogP contribution in [0.1, 0.15) is 23.1 Å². The Bertz CT molecular complexity index is 1150. The van der Waals surface area contributed by atoms with Crippen molar-refractivity contribution in [2.45, 2.75) is 50.2 Å². The summed E-state index contributed by atoms with van der Waals surface area (Å²) in [7, 11) is 0. The van der Waals surface area contributed by atoms with Gasteiger partial charge in [-0.25, -0.2) is 0 Å². The van der Waals surface area contributed by atoms with E-state index in [2.05, 4.69) is 6.58 Å². The van der Waals surface area contributed by atoms with Crippen molar-refractivity contribution in [1.29, 1.82) is 0 Å². The number of hydrogen-bond acceptors (Lipinski definition) is 7. The van der Waals surface area contributed by atoms with E-state index in [1.165, 1.54) is 6.08 Å². The number of aliphatic hydroxyl groups excluding tert-OH is 1. The summed E-state index contributed by atoms with van der Waals surface area (Å²) in [4.78, 5) is 0. The van der Waals surface area contributed by atoms with Crippen LogP contribution in [0, 0.1) is 0 Å². The van der Waals surface area contributed by atoms with E-state index in [-0.39, 0.29) is 32.0 Å².